The van der Waals surface area contributed by atoms with Crippen molar-refractivity contribution in [3.05, 3.63) is 58.1 Å². The highest BCUT2D eigenvalue weighted by Gasteiger charge is 2.12. The first-order valence-corrected chi connectivity index (χ1v) is 6.94. The number of fused-ring (bicyclic) bond motifs is 1. The van der Waals surface area contributed by atoms with Crippen LogP contribution in [0, 0.1) is 6.92 Å². The molecule has 20 heavy (non-hydrogen) atoms. The molecule has 0 amide bonds. The maximum absolute atomic E-state index is 6.12. The molecular formula is C16H16ClNO2. The zero-order valence-electron chi connectivity index (χ0n) is 11.3. The largest absolute Gasteiger partial charge is 0.454 e. The monoisotopic (exact) mass is 289 g/mol. The van der Waals surface area contributed by atoms with E-state index in [0.717, 1.165) is 35.2 Å². The predicted octanol–water partition coefficient (Wildman–Crippen LogP) is 3.67. The molecular weight excluding hydrogens is 274 g/mol. The summed E-state index contributed by atoms with van der Waals surface area (Å²) in [5.41, 5.74) is 3.46. The lowest BCUT2D eigenvalue weighted by molar-refractivity contribution is 0.174. The normalized spacial score (nSPS) is 12.7. The van der Waals surface area contributed by atoms with E-state index in [1.165, 1.54) is 11.1 Å². The summed E-state index contributed by atoms with van der Waals surface area (Å²) in [5, 5.41) is 4.21. The van der Waals surface area contributed by atoms with Crippen LogP contribution in [-0.4, -0.2) is 6.79 Å². The van der Waals surface area contributed by atoms with Crippen molar-refractivity contribution in [2.75, 3.05) is 6.79 Å². The number of aryl methyl sites for hydroxylation is 1. The van der Waals surface area contributed by atoms with Gasteiger partial charge in [0.25, 0.3) is 0 Å². The molecule has 1 N–H and O–H groups in total. The predicted molar refractivity (Wildman–Crippen MR) is 79.3 cm³/mol. The van der Waals surface area contributed by atoms with Crippen molar-refractivity contribution in [3.63, 3.8) is 0 Å². The van der Waals surface area contributed by atoms with Gasteiger partial charge in [-0.3, -0.25) is 0 Å². The molecule has 0 aliphatic carbocycles. The number of ether oxygens (including phenoxy) is 2. The van der Waals surface area contributed by atoms with E-state index in [2.05, 4.69) is 11.4 Å². The lowest BCUT2D eigenvalue weighted by Gasteiger charge is -2.07. The minimum atomic E-state index is 0.314. The van der Waals surface area contributed by atoms with Crippen molar-refractivity contribution in [2.45, 2.75) is 20.0 Å². The minimum Gasteiger partial charge on any atom is -0.454 e. The summed E-state index contributed by atoms with van der Waals surface area (Å²) < 4.78 is 10.7. The molecule has 1 aliphatic heterocycles. The second-order valence-corrected chi connectivity index (χ2v) is 5.28. The number of halogens is 1. The molecule has 0 unspecified atom stereocenters. The summed E-state index contributed by atoms with van der Waals surface area (Å²) in [6.45, 7) is 3.89. The molecule has 0 saturated heterocycles. The Balaban J connectivity index is 1.58. The third-order valence-corrected chi connectivity index (χ3v) is 3.74. The van der Waals surface area contributed by atoms with E-state index < -0.39 is 0 Å². The van der Waals surface area contributed by atoms with Gasteiger partial charge < -0.3 is 14.8 Å². The SMILES string of the molecule is Cc1ccc(CNCc2ccc3c(c2)OCO3)cc1Cl. The number of nitrogens with one attached hydrogen (secondary N) is 1. The Morgan fingerprint density at radius 1 is 1.00 bits per heavy atom. The van der Waals surface area contributed by atoms with Gasteiger partial charge in [-0.15, -0.1) is 0 Å². The molecule has 2 aromatic carbocycles. The molecule has 0 radical (unpaired) electrons. The molecule has 0 atom stereocenters. The van der Waals surface area contributed by atoms with Gasteiger partial charge in [-0.2, -0.15) is 0 Å². The van der Waals surface area contributed by atoms with E-state index in [-0.39, 0.29) is 0 Å². The number of benzene rings is 2. The van der Waals surface area contributed by atoms with Crippen LogP contribution in [0.2, 0.25) is 5.02 Å². The summed E-state index contributed by atoms with van der Waals surface area (Å²) in [4.78, 5) is 0. The van der Waals surface area contributed by atoms with E-state index in [4.69, 9.17) is 21.1 Å². The highest BCUT2D eigenvalue weighted by molar-refractivity contribution is 6.31. The quantitative estimate of drug-likeness (QED) is 0.931. The van der Waals surface area contributed by atoms with Crippen molar-refractivity contribution in [1.82, 2.24) is 5.32 Å². The highest BCUT2D eigenvalue weighted by Crippen LogP contribution is 2.32. The third kappa shape index (κ3) is 2.89. The molecule has 4 heteroatoms. The van der Waals surface area contributed by atoms with Crippen LogP contribution in [0.4, 0.5) is 0 Å². The number of rotatable bonds is 4. The van der Waals surface area contributed by atoms with Crippen LogP contribution in [-0.2, 0) is 13.1 Å². The lowest BCUT2D eigenvalue weighted by atomic mass is 10.1. The van der Waals surface area contributed by atoms with Gasteiger partial charge in [-0.1, -0.05) is 29.8 Å². The summed E-state index contributed by atoms with van der Waals surface area (Å²) in [5.74, 6) is 1.64. The van der Waals surface area contributed by atoms with Crippen molar-refractivity contribution in [1.29, 1.82) is 0 Å². The maximum Gasteiger partial charge on any atom is 0.231 e. The van der Waals surface area contributed by atoms with Gasteiger partial charge >= 0.3 is 0 Å². The van der Waals surface area contributed by atoms with E-state index in [0.29, 0.717) is 6.79 Å². The van der Waals surface area contributed by atoms with Crippen LogP contribution in [0.15, 0.2) is 36.4 Å². The van der Waals surface area contributed by atoms with Crippen LogP contribution in [0.25, 0.3) is 0 Å². The van der Waals surface area contributed by atoms with E-state index in [1.54, 1.807) is 0 Å². The van der Waals surface area contributed by atoms with Crippen molar-refractivity contribution in [2.24, 2.45) is 0 Å². The second kappa shape index (κ2) is 5.73. The Labute approximate surface area is 123 Å². The van der Waals surface area contributed by atoms with Crippen molar-refractivity contribution >= 4 is 11.6 Å². The van der Waals surface area contributed by atoms with Gasteiger partial charge in [0.15, 0.2) is 11.5 Å². The molecule has 0 fully saturated rings. The van der Waals surface area contributed by atoms with Crippen LogP contribution in [0.5, 0.6) is 11.5 Å². The molecule has 0 saturated carbocycles. The topological polar surface area (TPSA) is 30.5 Å². The van der Waals surface area contributed by atoms with E-state index >= 15 is 0 Å². The zero-order valence-corrected chi connectivity index (χ0v) is 12.0. The number of hydrogen-bond donors (Lipinski definition) is 1. The maximum atomic E-state index is 6.12. The average molecular weight is 290 g/mol. The zero-order chi connectivity index (χ0) is 13.9. The van der Waals surface area contributed by atoms with E-state index in [1.807, 2.05) is 37.3 Å². The fourth-order valence-corrected chi connectivity index (χ4v) is 2.35. The summed E-state index contributed by atoms with van der Waals surface area (Å²) in [7, 11) is 0. The third-order valence-electron chi connectivity index (χ3n) is 3.33. The van der Waals surface area contributed by atoms with Crippen molar-refractivity contribution < 1.29 is 9.47 Å². The van der Waals surface area contributed by atoms with Gasteiger partial charge in [-0.05, 0) is 41.8 Å². The highest BCUT2D eigenvalue weighted by atomic mass is 35.5. The Hall–Kier alpha value is -1.71. The first kappa shape index (κ1) is 13.3. The molecule has 0 spiro atoms. The molecule has 0 bridgehead atoms. The van der Waals surface area contributed by atoms with Gasteiger partial charge in [0.1, 0.15) is 0 Å². The fraction of sp³-hybridized carbons (Fsp3) is 0.250. The molecule has 1 heterocycles. The first-order chi connectivity index (χ1) is 9.72. The standard InChI is InChI=1S/C16H16ClNO2/c1-11-2-3-12(6-14(11)17)8-18-9-13-4-5-15-16(7-13)20-10-19-15/h2-7,18H,8-10H2,1H3. The molecule has 0 aromatic heterocycles. The molecule has 104 valence electrons. The van der Waals surface area contributed by atoms with Crippen LogP contribution in [0.1, 0.15) is 16.7 Å². The average Bonchev–Trinajstić information content (AvgIpc) is 2.90. The number of hydrogen-bond acceptors (Lipinski definition) is 3. The van der Waals surface area contributed by atoms with Gasteiger partial charge in [-0.25, -0.2) is 0 Å². The summed E-state index contributed by atoms with van der Waals surface area (Å²) >= 11 is 6.12. The Bertz CT molecular complexity index is 628. The van der Waals surface area contributed by atoms with Crippen LogP contribution >= 0.6 is 11.6 Å². The molecule has 1 aliphatic rings. The summed E-state index contributed by atoms with van der Waals surface area (Å²) in [6, 6.07) is 12.1. The Kier molecular flexibility index (Phi) is 3.81. The van der Waals surface area contributed by atoms with Gasteiger partial charge in [0.05, 0.1) is 0 Å². The fourth-order valence-electron chi connectivity index (χ4n) is 2.15. The minimum absolute atomic E-state index is 0.314. The lowest BCUT2D eigenvalue weighted by Crippen LogP contribution is -2.12. The van der Waals surface area contributed by atoms with E-state index in [9.17, 15) is 0 Å². The second-order valence-electron chi connectivity index (χ2n) is 4.87. The smallest absolute Gasteiger partial charge is 0.231 e. The molecule has 3 rings (SSSR count). The van der Waals surface area contributed by atoms with Crippen LogP contribution < -0.4 is 14.8 Å². The Morgan fingerprint density at radius 3 is 2.50 bits per heavy atom. The molecule has 2 aromatic rings. The van der Waals surface area contributed by atoms with Crippen LogP contribution in [0.3, 0.4) is 0 Å². The van der Waals surface area contributed by atoms with Gasteiger partial charge in [0.2, 0.25) is 6.79 Å². The Morgan fingerprint density at radius 2 is 1.70 bits per heavy atom. The molecule has 3 nitrogen and oxygen atoms in total. The first-order valence-electron chi connectivity index (χ1n) is 6.56. The summed E-state index contributed by atoms with van der Waals surface area (Å²) in [6.07, 6.45) is 0. The van der Waals surface area contributed by atoms with Gasteiger partial charge in [0, 0.05) is 18.1 Å². The van der Waals surface area contributed by atoms with Crippen molar-refractivity contribution in [3.8, 4) is 11.5 Å².